The van der Waals surface area contributed by atoms with E-state index in [2.05, 4.69) is 20.8 Å². The Kier molecular flexibility index (Phi) is 9.38. The van der Waals surface area contributed by atoms with Crippen LogP contribution in [0.1, 0.15) is 72.6 Å². The van der Waals surface area contributed by atoms with E-state index in [0.717, 1.165) is 25.3 Å². The van der Waals surface area contributed by atoms with Gasteiger partial charge in [-0.25, -0.2) is 0 Å². The molecule has 0 aliphatic heterocycles. The molecule has 0 spiro atoms. The van der Waals surface area contributed by atoms with Crippen LogP contribution in [0.2, 0.25) is 0 Å². The van der Waals surface area contributed by atoms with Crippen molar-refractivity contribution in [3.8, 4) is 0 Å². The molecule has 0 aromatic rings. The first-order chi connectivity index (χ1) is 11.4. The number of unbranched alkanes of at least 4 members (excludes halogenated alkanes) is 1. The van der Waals surface area contributed by atoms with Crippen molar-refractivity contribution in [2.24, 2.45) is 23.7 Å². The summed E-state index contributed by atoms with van der Waals surface area (Å²) in [7, 11) is 1.41. The fraction of sp³-hybridized carbons (Fsp3) is 0.900. The molecule has 0 aromatic carbocycles. The monoisotopic (exact) mass is 339 g/mol. The first-order valence-electron chi connectivity index (χ1n) is 9.75. The van der Waals surface area contributed by atoms with Crippen molar-refractivity contribution in [1.82, 2.24) is 4.90 Å². The fourth-order valence-electron chi connectivity index (χ4n) is 3.75. The lowest BCUT2D eigenvalue weighted by molar-refractivity contribution is -0.147. The van der Waals surface area contributed by atoms with Crippen LogP contribution in [0.5, 0.6) is 0 Å². The summed E-state index contributed by atoms with van der Waals surface area (Å²) in [5.41, 5.74) is 0. The van der Waals surface area contributed by atoms with Crippen molar-refractivity contribution < 1.29 is 14.3 Å². The summed E-state index contributed by atoms with van der Waals surface area (Å²) in [6.07, 6.45) is 8.25. The van der Waals surface area contributed by atoms with Crippen LogP contribution in [0.3, 0.4) is 0 Å². The predicted octanol–water partition coefficient (Wildman–Crippen LogP) is 4.28. The fourth-order valence-corrected chi connectivity index (χ4v) is 3.75. The van der Waals surface area contributed by atoms with Crippen molar-refractivity contribution in [3.63, 3.8) is 0 Å². The molecular formula is C20H37NO3. The molecule has 1 aliphatic rings. The third-order valence-corrected chi connectivity index (χ3v) is 5.16. The maximum atomic E-state index is 13.0. The predicted molar refractivity (Wildman–Crippen MR) is 97.6 cm³/mol. The number of hydrogen-bond donors (Lipinski definition) is 0. The topological polar surface area (TPSA) is 46.6 Å². The molecule has 1 unspecified atom stereocenters. The maximum Gasteiger partial charge on any atom is 0.310 e. The highest BCUT2D eigenvalue weighted by Gasteiger charge is 2.31. The van der Waals surface area contributed by atoms with Crippen LogP contribution in [0.25, 0.3) is 0 Å². The van der Waals surface area contributed by atoms with Gasteiger partial charge in [-0.3, -0.25) is 9.59 Å². The van der Waals surface area contributed by atoms with Crippen LogP contribution < -0.4 is 0 Å². The molecule has 1 amide bonds. The van der Waals surface area contributed by atoms with Gasteiger partial charge in [0.25, 0.3) is 0 Å². The third kappa shape index (κ3) is 6.82. The highest BCUT2D eigenvalue weighted by molar-refractivity contribution is 5.80. The molecule has 1 rings (SSSR count). The second kappa shape index (κ2) is 10.7. The zero-order valence-corrected chi connectivity index (χ0v) is 16.3. The van der Waals surface area contributed by atoms with Gasteiger partial charge >= 0.3 is 5.97 Å². The van der Waals surface area contributed by atoms with Gasteiger partial charge in [0.1, 0.15) is 0 Å². The average Bonchev–Trinajstić information content (AvgIpc) is 2.57. The molecule has 24 heavy (non-hydrogen) atoms. The molecule has 1 aliphatic carbocycles. The highest BCUT2D eigenvalue weighted by Crippen LogP contribution is 2.33. The Hall–Kier alpha value is -1.06. The molecule has 0 saturated heterocycles. The number of amides is 1. The molecule has 1 saturated carbocycles. The highest BCUT2D eigenvalue weighted by atomic mass is 16.5. The lowest BCUT2D eigenvalue weighted by Crippen LogP contribution is -2.43. The Bertz CT molecular complexity index is 386. The van der Waals surface area contributed by atoms with Crippen LogP contribution in [0, 0.1) is 23.7 Å². The van der Waals surface area contributed by atoms with E-state index in [1.807, 2.05) is 11.8 Å². The zero-order valence-electron chi connectivity index (χ0n) is 16.3. The van der Waals surface area contributed by atoms with Crippen molar-refractivity contribution in [2.45, 2.75) is 72.6 Å². The number of nitrogens with zero attached hydrogens (tertiary/aromatic N) is 1. The Morgan fingerprint density at radius 3 is 2.21 bits per heavy atom. The van der Waals surface area contributed by atoms with E-state index in [1.54, 1.807) is 0 Å². The summed E-state index contributed by atoms with van der Waals surface area (Å²) in [5, 5.41) is 0. The van der Waals surface area contributed by atoms with Gasteiger partial charge in [-0.15, -0.1) is 0 Å². The summed E-state index contributed by atoms with van der Waals surface area (Å²) in [6.45, 7) is 9.50. The van der Waals surface area contributed by atoms with E-state index in [-0.39, 0.29) is 23.7 Å². The molecule has 0 N–H and O–H groups in total. The number of rotatable bonds is 9. The summed E-state index contributed by atoms with van der Waals surface area (Å²) in [4.78, 5) is 26.6. The molecule has 0 aromatic heterocycles. The Balaban J connectivity index is 2.60. The van der Waals surface area contributed by atoms with Crippen molar-refractivity contribution in [3.05, 3.63) is 0 Å². The van der Waals surface area contributed by atoms with E-state index in [4.69, 9.17) is 4.74 Å². The summed E-state index contributed by atoms with van der Waals surface area (Å²) in [6, 6.07) is 0. The summed E-state index contributed by atoms with van der Waals surface area (Å²) >= 11 is 0. The summed E-state index contributed by atoms with van der Waals surface area (Å²) < 4.78 is 4.82. The minimum atomic E-state index is -0.265. The van der Waals surface area contributed by atoms with E-state index in [0.29, 0.717) is 12.5 Å². The van der Waals surface area contributed by atoms with Crippen LogP contribution in [0.4, 0.5) is 0 Å². The normalized spacial score (nSPS) is 22.2. The van der Waals surface area contributed by atoms with Gasteiger partial charge in [0.05, 0.1) is 13.0 Å². The SMILES string of the molecule is CCCCC1CCC(C(=O)N(CC(C)C)CC(C)C(=O)OC)CC1. The lowest BCUT2D eigenvalue weighted by Gasteiger charge is -2.34. The number of methoxy groups -OCH3 is 1. The molecule has 0 radical (unpaired) electrons. The van der Waals surface area contributed by atoms with Gasteiger partial charge < -0.3 is 9.64 Å². The standard InChI is InChI=1S/C20H37NO3/c1-6-7-8-17-9-11-18(12-10-17)19(22)21(13-15(2)3)14-16(4)20(23)24-5/h15-18H,6-14H2,1-5H3. The molecule has 4 nitrogen and oxygen atoms in total. The smallest absolute Gasteiger partial charge is 0.310 e. The average molecular weight is 340 g/mol. The van der Waals surface area contributed by atoms with Crippen molar-refractivity contribution in [2.75, 3.05) is 20.2 Å². The van der Waals surface area contributed by atoms with Crippen LogP contribution in [0.15, 0.2) is 0 Å². The van der Waals surface area contributed by atoms with Gasteiger partial charge in [0, 0.05) is 19.0 Å². The Morgan fingerprint density at radius 1 is 1.08 bits per heavy atom. The van der Waals surface area contributed by atoms with Crippen LogP contribution >= 0.6 is 0 Å². The molecule has 4 heteroatoms. The third-order valence-electron chi connectivity index (χ3n) is 5.16. The maximum absolute atomic E-state index is 13.0. The molecule has 140 valence electrons. The number of ether oxygens (including phenoxy) is 1. The zero-order chi connectivity index (χ0) is 18.1. The quantitative estimate of drug-likeness (QED) is 0.589. The first kappa shape index (κ1) is 21.0. The van der Waals surface area contributed by atoms with Gasteiger partial charge in [-0.05, 0) is 37.5 Å². The number of carbonyl (C=O) groups is 2. The second-order valence-electron chi connectivity index (χ2n) is 7.92. The number of carbonyl (C=O) groups excluding carboxylic acids is 2. The minimum Gasteiger partial charge on any atom is -0.469 e. The number of esters is 1. The van der Waals surface area contributed by atoms with Crippen LogP contribution in [-0.4, -0.2) is 37.0 Å². The minimum absolute atomic E-state index is 0.145. The Morgan fingerprint density at radius 2 is 1.71 bits per heavy atom. The molecule has 0 heterocycles. The van der Waals surface area contributed by atoms with E-state index < -0.39 is 0 Å². The summed E-state index contributed by atoms with van der Waals surface area (Å²) in [5.74, 6) is 1.10. The largest absolute Gasteiger partial charge is 0.469 e. The molecule has 0 bridgehead atoms. The van der Waals surface area contributed by atoms with E-state index in [9.17, 15) is 9.59 Å². The Labute approximate surface area is 148 Å². The van der Waals surface area contributed by atoms with Gasteiger partial charge in [-0.2, -0.15) is 0 Å². The molecular weight excluding hydrogens is 302 g/mol. The van der Waals surface area contributed by atoms with E-state index >= 15 is 0 Å². The lowest BCUT2D eigenvalue weighted by atomic mass is 9.79. The number of hydrogen-bond acceptors (Lipinski definition) is 3. The van der Waals surface area contributed by atoms with Crippen molar-refractivity contribution >= 4 is 11.9 Å². The van der Waals surface area contributed by atoms with Gasteiger partial charge in [0.2, 0.25) is 5.91 Å². The van der Waals surface area contributed by atoms with Crippen LogP contribution in [-0.2, 0) is 14.3 Å². The molecule has 1 atom stereocenters. The van der Waals surface area contributed by atoms with Gasteiger partial charge in [0.15, 0.2) is 0 Å². The van der Waals surface area contributed by atoms with Gasteiger partial charge in [-0.1, -0.05) is 47.0 Å². The molecule has 1 fully saturated rings. The van der Waals surface area contributed by atoms with E-state index in [1.165, 1.54) is 39.2 Å². The second-order valence-corrected chi connectivity index (χ2v) is 7.92. The van der Waals surface area contributed by atoms with Crippen molar-refractivity contribution in [1.29, 1.82) is 0 Å². The first-order valence-corrected chi connectivity index (χ1v) is 9.75.